The molecule has 1 atom stereocenters. The molecule has 20 heavy (non-hydrogen) atoms. The number of carbonyl (C=O) groups is 1. The van der Waals surface area contributed by atoms with Crippen molar-refractivity contribution in [3.8, 4) is 11.5 Å². The van der Waals surface area contributed by atoms with E-state index >= 15 is 0 Å². The molecule has 0 radical (unpaired) electrons. The molecule has 0 saturated heterocycles. The summed E-state index contributed by atoms with van der Waals surface area (Å²) in [7, 11) is 1.45. The Kier molecular flexibility index (Phi) is 3.99. The number of carbonyl (C=O) groups excluding carboxylic acids is 1. The van der Waals surface area contributed by atoms with Crippen LogP contribution >= 0.6 is 15.9 Å². The number of phenolic OH excluding ortho intramolecular Hbond substituents is 1. The Hall–Kier alpha value is -2.02. The molecule has 1 aliphatic heterocycles. The fourth-order valence-corrected chi connectivity index (χ4v) is 2.55. The highest BCUT2D eigenvalue weighted by Crippen LogP contribution is 2.39. The molecule has 1 unspecified atom stereocenters. The maximum Gasteiger partial charge on any atom is 0.346 e. The Bertz CT molecular complexity index is 601. The van der Waals surface area contributed by atoms with Gasteiger partial charge in [0.05, 0.1) is 11.6 Å². The van der Waals surface area contributed by atoms with Crippen LogP contribution in [0.2, 0.25) is 0 Å². The van der Waals surface area contributed by atoms with Gasteiger partial charge in [-0.05, 0) is 33.6 Å². The van der Waals surface area contributed by atoms with Gasteiger partial charge in [-0.2, -0.15) is 4.99 Å². The Balaban J connectivity index is 2.49. The number of nitrogens with two attached hydrogens (primary N) is 1. The number of nitrogens with zero attached hydrogens (tertiary/aromatic N) is 2. The largest absolute Gasteiger partial charge is 0.503 e. The fourth-order valence-electron chi connectivity index (χ4n) is 2.09. The van der Waals surface area contributed by atoms with Crippen molar-refractivity contribution in [3.63, 3.8) is 0 Å². The summed E-state index contributed by atoms with van der Waals surface area (Å²) in [4.78, 5) is 17.0. The molecular formula is C13H14BrN3O3. The number of phenols is 1. The Morgan fingerprint density at radius 1 is 1.65 bits per heavy atom. The molecule has 1 aromatic carbocycles. The molecule has 0 aliphatic carbocycles. The van der Waals surface area contributed by atoms with Crippen molar-refractivity contribution in [1.29, 1.82) is 0 Å². The van der Waals surface area contributed by atoms with Gasteiger partial charge in [0.1, 0.15) is 11.9 Å². The smallest absolute Gasteiger partial charge is 0.346 e. The van der Waals surface area contributed by atoms with E-state index in [0.29, 0.717) is 22.3 Å². The maximum atomic E-state index is 11.8. The number of ether oxygens (including phenoxy) is 1. The van der Waals surface area contributed by atoms with Crippen LogP contribution in [-0.2, 0) is 0 Å². The van der Waals surface area contributed by atoms with E-state index < -0.39 is 12.1 Å². The van der Waals surface area contributed by atoms with Crippen LogP contribution in [0.4, 0.5) is 4.79 Å². The summed E-state index contributed by atoms with van der Waals surface area (Å²) in [6, 6.07) is 2.41. The first kappa shape index (κ1) is 14.4. The molecule has 0 fully saturated rings. The van der Waals surface area contributed by atoms with Gasteiger partial charge in [0.25, 0.3) is 0 Å². The number of rotatable bonds is 4. The van der Waals surface area contributed by atoms with Gasteiger partial charge in [-0.25, -0.2) is 4.79 Å². The zero-order chi connectivity index (χ0) is 14.9. The summed E-state index contributed by atoms with van der Waals surface area (Å²) >= 11 is 3.24. The van der Waals surface area contributed by atoms with Crippen molar-refractivity contribution >= 4 is 27.8 Å². The number of hydrogen-bond acceptors (Lipinski definition) is 4. The van der Waals surface area contributed by atoms with Crippen LogP contribution in [0, 0.1) is 0 Å². The quantitative estimate of drug-likeness (QED) is 0.823. The average molecular weight is 340 g/mol. The van der Waals surface area contributed by atoms with Crippen molar-refractivity contribution in [2.45, 2.75) is 6.04 Å². The predicted molar refractivity (Wildman–Crippen MR) is 79.0 cm³/mol. The molecule has 0 saturated carbocycles. The van der Waals surface area contributed by atoms with Crippen LogP contribution in [0.1, 0.15) is 11.6 Å². The third-order valence-electron chi connectivity index (χ3n) is 2.97. The highest BCUT2D eigenvalue weighted by atomic mass is 79.9. The number of halogens is 1. The van der Waals surface area contributed by atoms with Crippen molar-refractivity contribution in [3.05, 3.63) is 34.8 Å². The summed E-state index contributed by atoms with van der Waals surface area (Å²) in [5.41, 5.74) is 6.53. The number of aromatic hydroxyl groups is 1. The molecule has 106 valence electrons. The number of amidine groups is 1. The van der Waals surface area contributed by atoms with E-state index in [2.05, 4.69) is 27.5 Å². The lowest BCUT2D eigenvalue weighted by atomic mass is 10.0. The van der Waals surface area contributed by atoms with Gasteiger partial charge in [-0.1, -0.05) is 6.08 Å². The number of amides is 2. The average Bonchev–Trinajstić information content (AvgIpc) is 2.68. The normalized spacial score (nSPS) is 18.1. The second-order valence-electron chi connectivity index (χ2n) is 4.22. The number of benzene rings is 1. The summed E-state index contributed by atoms with van der Waals surface area (Å²) in [5, 5.41) is 9.82. The lowest BCUT2D eigenvalue weighted by Gasteiger charge is -2.24. The third kappa shape index (κ3) is 2.36. The van der Waals surface area contributed by atoms with E-state index in [4.69, 9.17) is 10.5 Å². The van der Waals surface area contributed by atoms with E-state index in [1.165, 1.54) is 12.0 Å². The molecule has 1 aromatic rings. The van der Waals surface area contributed by atoms with Gasteiger partial charge in [0.2, 0.25) is 0 Å². The molecule has 0 aromatic heterocycles. The summed E-state index contributed by atoms with van der Waals surface area (Å²) in [6.07, 6.45) is 1.60. The highest BCUT2D eigenvalue weighted by molar-refractivity contribution is 9.10. The molecule has 6 nitrogen and oxygen atoms in total. The molecule has 1 aliphatic rings. The fraction of sp³-hybridized carbons (Fsp3) is 0.231. The lowest BCUT2D eigenvalue weighted by molar-refractivity contribution is 0.212. The summed E-state index contributed by atoms with van der Waals surface area (Å²) < 4.78 is 5.56. The standard InChI is InChI=1S/C13H14BrN3O3/c1-3-4-17-10(12(15)16-13(17)19)7-5-8(14)11(18)9(6-7)20-2/h3,5-6,10,18H,1,4H2,2H3,(H2,15,16,19). The SMILES string of the molecule is C=CCN1C(=O)N=C(N)C1c1cc(Br)c(O)c(OC)c1. The minimum atomic E-state index is -0.494. The molecular weight excluding hydrogens is 326 g/mol. The number of aliphatic imine (C=N–C) groups is 1. The van der Waals surface area contributed by atoms with E-state index in [1.807, 2.05) is 0 Å². The summed E-state index contributed by atoms with van der Waals surface area (Å²) in [5.74, 6) is 0.489. The van der Waals surface area contributed by atoms with Crippen molar-refractivity contribution < 1.29 is 14.6 Å². The van der Waals surface area contributed by atoms with Crippen LogP contribution < -0.4 is 10.5 Å². The zero-order valence-corrected chi connectivity index (χ0v) is 12.4. The lowest BCUT2D eigenvalue weighted by Crippen LogP contribution is -2.33. The van der Waals surface area contributed by atoms with Crippen molar-refractivity contribution in [2.75, 3.05) is 13.7 Å². The Morgan fingerprint density at radius 3 is 2.95 bits per heavy atom. The summed E-state index contributed by atoms with van der Waals surface area (Å²) in [6.45, 7) is 3.95. The second-order valence-corrected chi connectivity index (χ2v) is 5.07. The van der Waals surface area contributed by atoms with Crippen LogP contribution in [0.5, 0.6) is 11.5 Å². The van der Waals surface area contributed by atoms with Crippen LogP contribution in [0.15, 0.2) is 34.3 Å². The zero-order valence-electron chi connectivity index (χ0n) is 10.8. The first-order chi connectivity index (χ1) is 9.49. The van der Waals surface area contributed by atoms with Crippen LogP contribution in [0.25, 0.3) is 0 Å². The van der Waals surface area contributed by atoms with Gasteiger partial charge < -0.3 is 20.5 Å². The topological polar surface area (TPSA) is 88.2 Å². The number of hydrogen-bond donors (Lipinski definition) is 2. The highest BCUT2D eigenvalue weighted by Gasteiger charge is 2.34. The molecule has 0 spiro atoms. The minimum Gasteiger partial charge on any atom is -0.503 e. The molecule has 2 amide bonds. The Labute approximate surface area is 124 Å². The van der Waals surface area contributed by atoms with Crippen LogP contribution in [-0.4, -0.2) is 35.5 Å². The third-order valence-corrected chi connectivity index (χ3v) is 3.58. The molecule has 2 rings (SSSR count). The van der Waals surface area contributed by atoms with Crippen LogP contribution in [0.3, 0.4) is 0 Å². The number of methoxy groups -OCH3 is 1. The minimum absolute atomic E-state index is 0.00801. The first-order valence-electron chi connectivity index (χ1n) is 5.81. The Morgan fingerprint density at radius 2 is 2.35 bits per heavy atom. The second kappa shape index (κ2) is 5.54. The van der Waals surface area contributed by atoms with Gasteiger partial charge in [0, 0.05) is 6.54 Å². The maximum absolute atomic E-state index is 11.8. The van der Waals surface area contributed by atoms with E-state index in [1.54, 1.807) is 18.2 Å². The van der Waals surface area contributed by atoms with E-state index in [0.717, 1.165) is 0 Å². The van der Waals surface area contributed by atoms with Gasteiger partial charge in [-0.15, -0.1) is 6.58 Å². The van der Waals surface area contributed by atoms with Gasteiger partial charge >= 0.3 is 6.03 Å². The van der Waals surface area contributed by atoms with Gasteiger partial charge in [0.15, 0.2) is 11.5 Å². The predicted octanol–water partition coefficient (Wildman–Crippen LogP) is 2.18. The molecule has 1 heterocycles. The molecule has 7 heteroatoms. The molecule has 0 bridgehead atoms. The molecule has 3 N–H and O–H groups in total. The van der Waals surface area contributed by atoms with Gasteiger partial charge in [-0.3, -0.25) is 0 Å². The van der Waals surface area contributed by atoms with Crippen molar-refractivity contribution in [2.24, 2.45) is 10.7 Å². The first-order valence-corrected chi connectivity index (χ1v) is 6.60. The van der Waals surface area contributed by atoms with E-state index in [9.17, 15) is 9.90 Å². The van der Waals surface area contributed by atoms with Crippen molar-refractivity contribution in [1.82, 2.24) is 4.90 Å². The van der Waals surface area contributed by atoms with E-state index in [-0.39, 0.29) is 11.6 Å². The monoisotopic (exact) mass is 339 g/mol. The number of urea groups is 1.